The molecule has 1 N–H and O–H groups in total. The third-order valence-corrected chi connectivity index (χ3v) is 5.20. The molecule has 2 heterocycles. The van der Waals surface area contributed by atoms with Crippen molar-refractivity contribution in [1.82, 2.24) is 14.6 Å². The zero-order valence-electron chi connectivity index (χ0n) is 16.4. The molecule has 0 atom stereocenters. The van der Waals surface area contributed by atoms with E-state index in [1.165, 1.54) is 5.56 Å². The number of nitrogens with one attached hydrogen (secondary N) is 1. The molecule has 0 aliphatic heterocycles. The van der Waals surface area contributed by atoms with E-state index in [9.17, 15) is 8.42 Å². The van der Waals surface area contributed by atoms with Gasteiger partial charge < -0.3 is 4.90 Å². The number of aryl methyl sites for hydroxylation is 1. The number of nitrogens with zero attached hydrogens (tertiary/aromatic N) is 4. The summed E-state index contributed by atoms with van der Waals surface area (Å²) < 4.78 is 27.4. The van der Waals surface area contributed by atoms with Crippen molar-refractivity contribution in [3.05, 3.63) is 72.6 Å². The van der Waals surface area contributed by atoms with Gasteiger partial charge in [0.2, 0.25) is 10.0 Å². The van der Waals surface area contributed by atoms with Crippen molar-refractivity contribution in [3.63, 3.8) is 0 Å². The molecule has 0 saturated carbocycles. The molecule has 2 aromatic heterocycles. The second-order valence-electron chi connectivity index (χ2n) is 6.95. The predicted octanol–water partition coefficient (Wildman–Crippen LogP) is 3.84. The monoisotopic (exact) mass is 407 g/mol. The lowest BCUT2D eigenvalue weighted by Gasteiger charge is -2.20. The zero-order chi connectivity index (χ0) is 20.6. The van der Waals surface area contributed by atoms with Crippen molar-refractivity contribution in [2.24, 2.45) is 0 Å². The molecule has 0 spiro atoms. The van der Waals surface area contributed by atoms with Crippen molar-refractivity contribution in [2.75, 3.05) is 22.9 Å². The van der Waals surface area contributed by atoms with E-state index < -0.39 is 10.0 Å². The van der Waals surface area contributed by atoms with Gasteiger partial charge in [-0.2, -0.15) is 9.61 Å². The minimum Gasteiger partial charge on any atom is -0.329 e. The molecule has 0 unspecified atom stereocenters. The fraction of sp³-hybridized carbons (Fsp3) is 0.143. The van der Waals surface area contributed by atoms with Crippen molar-refractivity contribution >= 4 is 32.9 Å². The number of fused-ring (bicyclic) bond motifs is 1. The van der Waals surface area contributed by atoms with Crippen LogP contribution in [0.3, 0.4) is 0 Å². The van der Waals surface area contributed by atoms with Gasteiger partial charge in [-0.1, -0.05) is 24.3 Å². The SMILES string of the molecule is Cc1cccc(N(C)c2ccnc3c(-c4cccc(NS(C)(=O)=O)c4)cnn23)c1. The highest BCUT2D eigenvalue weighted by Crippen LogP contribution is 2.30. The van der Waals surface area contributed by atoms with Gasteiger partial charge in [-0.05, 0) is 48.4 Å². The Morgan fingerprint density at radius 1 is 1.07 bits per heavy atom. The molecule has 0 aliphatic carbocycles. The van der Waals surface area contributed by atoms with Crippen LogP contribution in [-0.4, -0.2) is 36.3 Å². The molecule has 0 aliphatic rings. The molecule has 0 radical (unpaired) electrons. The van der Waals surface area contributed by atoms with Crippen LogP contribution in [0, 0.1) is 6.92 Å². The number of rotatable bonds is 5. The summed E-state index contributed by atoms with van der Waals surface area (Å²) in [4.78, 5) is 6.57. The van der Waals surface area contributed by atoms with E-state index in [4.69, 9.17) is 0 Å². The summed E-state index contributed by atoms with van der Waals surface area (Å²) in [6, 6.07) is 17.3. The van der Waals surface area contributed by atoms with Crippen LogP contribution in [0.1, 0.15) is 5.56 Å². The Morgan fingerprint density at radius 2 is 1.86 bits per heavy atom. The quantitative estimate of drug-likeness (QED) is 0.544. The second kappa shape index (κ2) is 7.21. The molecule has 148 valence electrons. The molecule has 4 rings (SSSR count). The van der Waals surface area contributed by atoms with Crippen LogP contribution in [0.2, 0.25) is 0 Å². The summed E-state index contributed by atoms with van der Waals surface area (Å²) in [5.74, 6) is 0.872. The number of anilines is 3. The minimum absolute atomic E-state index is 0.498. The van der Waals surface area contributed by atoms with E-state index in [2.05, 4.69) is 38.8 Å². The Morgan fingerprint density at radius 3 is 2.62 bits per heavy atom. The van der Waals surface area contributed by atoms with E-state index >= 15 is 0 Å². The van der Waals surface area contributed by atoms with Gasteiger partial charge in [0, 0.05) is 30.2 Å². The summed E-state index contributed by atoms with van der Waals surface area (Å²) in [6.07, 6.45) is 4.63. The second-order valence-corrected chi connectivity index (χ2v) is 8.70. The molecular weight excluding hydrogens is 386 g/mol. The molecule has 8 heteroatoms. The Kier molecular flexibility index (Phi) is 4.71. The molecule has 0 bridgehead atoms. The van der Waals surface area contributed by atoms with Gasteiger partial charge in [-0.3, -0.25) is 4.72 Å². The van der Waals surface area contributed by atoms with E-state index in [0.29, 0.717) is 11.3 Å². The predicted molar refractivity (Wildman–Crippen MR) is 116 cm³/mol. The van der Waals surface area contributed by atoms with E-state index in [1.54, 1.807) is 35.1 Å². The Bertz CT molecular complexity index is 1300. The van der Waals surface area contributed by atoms with E-state index in [1.807, 2.05) is 31.3 Å². The maximum absolute atomic E-state index is 11.5. The maximum Gasteiger partial charge on any atom is 0.229 e. The van der Waals surface area contributed by atoms with Gasteiger partial charge in [0.1, 0.15) is 5.82 Å². The fourth-order valence-corrected chi connectivity index (χ4v) is 3.82. The smallest absolute Gasteiger partial charge is 0.229 e. The lowest BCUT2D eigenvalue weighted by molar-refractivity contribution is 0.607. The molecule has 7 nitrogen and oxygen atoms in total. The summed E-state index contributed by atoms with van der Waals surface area (Å²) in [6.45, 7) is 2.06. The van der Waals surface area contributed by atoms with Crippen molar-refractivity contribution in [1.29, 1.82) is 0 Å². The van der Waals surface area contributed by atoms with Crippen molar-refractivity contribution < 1.29 is 8.42 Å². The molecule has 0 fully saturated rings. The summed E-state index contributed by atoms with van der Waals surface area (Å²) in [5.41, 5.74) is 5.07. The largest absolute Gasteiger partial charge is 0.329 e. The zero-order valence-corrected chi connectivity index (χ0v) is 17.2. The highest BCUT2D eigenvalue weighted by atomic mass is 32.2. The summed E-state index contributed by atoms with van der Waals surface area (Å²) in [5, 5.41) is 4.54. The lowest BCUT2D eigenvalue weighted by Crippen LogP contribution is -2.14. The normalized spacial score (nSPS) is 11.6. The van der Waals surface area contributed by atoms with Crippen LogP contribution >= 0.6 is 0 Å². The number of sulfonamides is 1. The third-order valence-electron chi connectivity index (χ3n) is 4.59. The van der Waals surface area contributed by atoms with Crippen LogP contribution in [0.4, 0.5) is 17.2 Å². The van der Waals surface area contributed by atoms with Crippen LogP contribution in [0.15, 0.2) is 67.0 Å². The Hall–Kier alpha value is -3.39. The number of aromatic nitrogens is 3. The topological polar surface area (TPSA) is 79.6 Å². The van der Waals surface area contributed by atoms with Gasteiger partial charge in [0.25, 0.3) is 0 Å². The summed E-state index contributed by atoms with van der Waals surface area (Å²) in [7, 11) is -1.36. The van der Waals surface area contributed by atoms with Gasteiger partial charge in [-0.25, -0.2) is 13.4 Å². The van der Waals surface area contributed by atoms with E-state index in [0.717, 1.165) is 28.9 Å². The van der Waals surface area contributed by atoms with Gasteiger partial charge >= 0.3 is 0 Å². The van der Waals surface area contributed by atoms with E-state index in [-0.39, 0.29) is 0 Å². The van der Waals surface area contributed by atoms with Crippen LogP contribution in [0.5, 0.6) is 0 Å². The number of hydrogen-bond donors (Lipinski definition) is 1. The summed E-state index contributed by atoms with van der Waals surface area (Å²) >= 11 is 0. The van der Waals surface area contributed by atoms with Crippen LogP contribution in [0.25, 0.3) is 16.8 Å². The van der Waals surface area contributed by atoms with Crippen LogP contribution in [-0.2, 0) is 10.0 Å². The van der Waals surface area contributed by atoms with Gasteiger partial charge in [0.15, 0.2) is 5.65 Å². The Labute approximate surface area is 169 Å². The number of hydrogen-bond acceptors (Lipinski definition) is 5. The van der Waals surface area contributed by atoms with Crippen molar-refractivity contribution in [3.8, 4) is 11.1 Å². The van der Waals surface area contributed by atoms with Gasteiger partial charge in [0.05, 0.1) is 12.5 Å². The highest BCUT2D eigenvalue weighted by molar-refractivity contribution is 7.92. The average molecular weight is 407 g/mol. The number of benzene rings is 2. The molecule has 0 amide bonds. The molecule has 2 aromatic carbocycles. The Balaban J connectivity index is 1.78. The lowest BCUT2D eigenvalue weighted by atomic mass is 10.1. The average Bonchev–Trinajstić information content (AvgIpc) is 3.10. The molecule has 4 aromatic rings. The van der Waals surface area contributed by atoms with Crippen LogP contribution < -0.4 is 9.62 Å². The molecule has 0 saturated heterocycles. The molecular formula is C21H21N5O2S. The first-order chi connectivity index (χ1) is 13.8. The maximum atomic E-state index is 11.5. The standard InChI is InChI=1S/C21H21N5O2S/c1-15-6-4-9-18(12-15)25(2)20-10-11-22-21-19(14-23-26(20)21)16-7-5-8-17(13-16)24-29(3,27)28/h4-14,24H,1-3H3. The minimum atomic E-state index is -3.35. The highest BCUT2D eigenvalue weighted by Gasteiger charge is 2.15. The first-order valence-corrected chi connectivity index (χ1v) is 10.9. The third kappa shape index (κ3) is 3.93. The van der Waals surface area contributed by atoms with Gasteiger partial charge in [-0.15, -0.1) is 0 Å². The molecule has 29 heavy (non-hydrogen) atoms. The first-order valence-electron chi connectivity index (χ1n) is 9.03. The van der Waals surface area contributed by atoms with Crippen molar-refractivity contribution in [2.45, 2.75) is 6.92 Å². The first kappa shape index (κ1) is 18.9. The fourth-order valence-electron chi connectivity index (χ4n) is 3.27.